The summed E-state index contributed by atoms with van der Waals surface area (Å²) in [5.74, 6) is 2.10. The van der Waals surface area contributed by atoms with Crippen LogP contribution in [-0.4, -0.2) is 60.7 Å². The third-order valence-electron chi connectivity index (χ3n) is 4.89. The molecule has 5 nitrogen and oxygen atoms in total. The molecule has 6 heteroatoms. The molecular formula is C20H27N3O2S. The molecule has 140 valence electrons. The lowest BCUT2D eigenvalue weighted by Gasteiger charge is -2.38. The predicted molar refractivity (Wildman–Crippen MR) is 108 cm³/mol. The first kappa shape index (κ1) is 18.7. The summed E-state index contributed by atoms with van der Waals surface area (Å²) in [7, 11) is 1.70. The summed E-state index contributed by atoms with van der Waals surface area (Å²) in [6.07, 6.45) is 6.94. The highest BCUT2D eigenvalue weighted by Crippen LogP contribution is 2.29. The molecule has 1 saturated heterocycles. The number of amides is 1. The average molecular weight is 374 g/mol. The SMILES string of the molecule is COc1ccccc1N1CCN(C(=O)[C@@H](CCSC)n2cccc2)CC1. The molecule has 0 N–H and O–H groups in total. The van der Waals surface area contributed by atoms with Crippen LogP contribution >= 0.6 is 11.8 Å². The summed E-state index contributed by atoms with van der Waals surface area (Å²) < 4.78 is 7.52. The highest BCUT2D eigenvalue weighted by Gasteiger charge is 2.28. The Kier molecular flexibility index (Phi) is 6.50. The largest absolute Gasteiger partial charge is 0.495 e. The maximum atomic E-state index is 13.1. The van der Waals surface area contributed by atoms with E-state index in [1.54, 1.807) is 18.9 Å². The van der Waals surface area contributed by atoms with Crippen LogP contribution in [0.25, 0.3) is 0 Å². The molecule has 26 heavy (non-hydrogen) atoms. The summed E-state index contributed by atoms with van der Waals surface area (Å²) in [6, 6.07) is 11.9. The van der Waals surface area contributed by atoms with Gasteiger partial charge in [0, 0.05) is 38.6 Å². The van der Waals surface area contributed by atoms with E-state index in [2.05, 4.69) is 17.2 Å². The molecule has 0 aliphatic carbocycles. The Bertz CT molecular complexity index is 697. The number of hydrogen-bond donors (Lipinski definition) is 0. The van der Waals surface area contributed by atoms with Crippen LogP contribution in [0.15, 0.2) is 48.8 Å². The van der Waals surface area contributed by atoms with Gasteiger partial charge in [0.15, 0.2) is 0 Å². The van der Waals surface area contributed by atoms with E-state index < -0.39 is 0 Å². The molecule has 1 aliphatic heterocycles. The Morgan fingerprint density at radius 3 is 2.46 bits per heavy atom. The quantitative estimate of drug-likeness (QED) is 0.747. The van der Waals surface area contributed by atoms with E-state index in [1.165, 1.54) is 0 Å². The zero-order chi connectivity index (χ0) is 18.4. The number of aromatic nitrogens is 1. The topological polar surface area (TPSA) is 37.7 Å². The number of carbonyl (C=O) groups is 1. The van der Waals surface area contributed by atoms with E-state index in [0.29, 0.717) is 0 Å². The van der Waals surface area contributed by atoms with Gasteiger partial charge in [-0.3, -0.25) is 4.79 Å². The van der Waals surface area contributed by atoms with Crippen LogP contribution < -0.4 is 9.64 Å². The lowest BCUT2D eigenvalue weighted by atomic mass is 10.1. The number of hydrogen-bond acceptors (Lipinski definition) is 4. The molecule has 1 amide bonds. The van der Waals surface area contributed by atoms with Crippen LogP contribution in [0.5, 0.6) is 5.75 Å². The van der Waals surface area contributed by atoms with Gasteiger partial charge in [0.1, 0.15) is 11.8 Å². The first-order chi connectivity index (χ1) is 12.7. The summed E-state index contributed by atoms with van der Waals surface area (Å²) in [4.78, 5) is 17.4. The van der Waals surface area contributed by atoms with Crippen LogP contribution in [0.4, 0.5) is 5.69 Å². The number of carbonyl (C=O) groups excluding carboxylic acids is 1. The Morgan fingerprint density at radius 2 is 1.81 bits per heavy atom. The molecule has 0 unspecified atom stereocenters. The van der Waals surface area contributed by atoms with Gasteiger partial charge in [-0.1, -0.05) is 12.1 Å². The van der Waals surface area contributed by atoms with Gasteiger partial charge in [0.25, 0.3) is 0 Å². The molecule has 1 aromatic carbocycles. The van der Waals surface area contributed by atoms with Crippen LogP contribution in [-0.2, 0) is 4.79 Å². The standard InChI is InChI=1S/C20H27N3O2S/c1-25-19-8-4-3-7-17(19)22-12-14-23(15-13-22)20(24)18(9-16-26-2)21-10-5-6-11-21/h3-8,10-11,18H,9,12-16H2,1-2H3/t18-/m1/s1. The fourth-order valence-electron chi connectivity index (χ4n) is 3.45. The lowest BCUT2D eigenvalue weighted by Crippen LogP contribution is -2.50. The lowest BCUT2D eigenvalue weighted by molar-refractivity contribution is -0.135. The highest BCUT2D eigenvalue weighted by molar-refractivity contribution is 7.98. The van der Waals surface area contributed by atoms with Crippen molar-refractivity contribution in [3.63, 3.8) is 0 Å². The van der Waals surface area contributed by atoms with E-state index >= 15 is 0 Å². The molecular weight excluding hydrogens is 346 g/mol. The number of rotatable bonds is 7. The fourth-order valence-corrected chi connectivity index (χ4v) is 3.91. The number of ether oxygens (including phenoxy) is 1. The van der Waals surface area contributed by atoms with Crippen LogP contribution in [0.1, 0.15) is 12.5 Å². The Morgan fingerprint density at radius 1 is 1.12 bits per heavy atom. The van der Waals surface area contributed by atoms with E-state index in [9.17, 15) is 4.79 Å². The van der Waals surface area contributed by atoms with Crippen LogP contribution in [0.2, 0.25) is 0 Å². The Balaban J connectivity index is 1.65. The van der Waals surface area contributed by atoms with Gasteiger partial charge in [0.05, 0.1) is 12.8 Å². The molecule has 0 radical (unpaired) electrons. The van der Waals surface area contributed by atoms with Gasteiger partial charge in [-0.25, -0.2) is 0 Å². The molecule has 1 aliphatic rings. The summed E-state index contributed by atoms with van der Waals surface area (Å²) >= 11 is 1.79. The number of methoxy groups -OCH3 is 1. The molecule has 3 rings (SSSR count). The van der Waals surface area contributed by atoms with E-state index in [-0.39, 0.29) is 11.9 Å². The van der Waals surface area contributed by atoms with Crippen molar-refractivity contribution in [3.05, 3.63) is 48.8 Å². The molecule has 1 atom stereocenters. The zero-order valence-electron chi connectivity index (χ0n) is 15.5. The monoisotopic (exact) mass is 373 g/mol. The van der Waals surface area contributed by atoms with Crippen molar-refractivity contribution < 1.29 is 9.53 Å². The maximum absolute atomic E-state index is 13.1. The first-order valence-electron chi connectivity index (χ1n) is 9.02. The van der Waals surface area contributed by atoms with Crippen molar-refractivity contribution in [3.8, 4) is 5.75 Å². The minimum absolute atomic E-state index is 0.102. The second-order valence-electron chi connectivity index (χ2n) is 6.41. The fraction of sp³-hybridized carbons (Fsp3) is 0.450. The van der Waals surface area contributed by atoms with Gasteiger partial charge in [-0.2, -0.15) is 11.8 Å². The number of nitrogens with zero attached hydrogens (tertiary/aromatic N) is 3. The van der Waals surface area contributed by atoms with E-state index in [1.807, 2.05) is 52.2 Å². The molecule has 0 spiro atoms. The van der Waals surface area contributed by atoms with Crippen LogP contribution in [0, 0.1) is 0 Å². The van der Waals surface area contributed by atoms with Gasteiger partial charge < -0.3 is 19.1 Å². The number of anilines is 1. The van der Waals surface area contributed by atoms with Crippen LogP contribution in [0.3, 0.4) is 0 Å². The van der Waals surface area contributed by atoms with Gasteiger partial charge in [0.2, 0.25) is 5.91 Å². The molecule has 1 aromatic heterocycles. The highest BCUT2D eigenvalue weighted by atomic mass is 32.2. The van der Waals surface area contributed by atoms with Gasteiger partial charge in [-0.05, 0) is 42.7 Å². The second kappa shape index (κ2) is 9.03. The van der Waals surface area contributed by atoms with Crippen molar-refractivity contribution in [2.75, 3.05) is 50.2 Å². The number of piperazine rings is 1. The van der Waals surface area contributed by atoms with E-state index in [0.717, 1.165) is 49.8 Å². The second-order valence-corrected chi connectivity index (χ2v) is 7.40. The Labute approximate surface area is 159 Å². The Hall–Kier alpha value is -2.08. The number of benzene rings is 1. The average Bonchev–Trinajstić information content (AvgIpc) is 3.22. The number of thioether (sulfide) groups is 1. The van der Waals surface area contributed by atoms with Crippen molar-refractivity contribution in [1.82, 2.24) is 9.47 Å². The summed E-state index contributed by atoms with van der Waals surface area (Å²) in [6.45, 7) is 3.14. The third-order valence-corrected chi connectivity index (χ3v) is 5.53. The zero-order valence-corrected chi connectivity index (χ0v) is 16.3. The summed E-state index contributed by atoms with van der Waals surface area (Å²) in [5.41, 5.74) is 1.10. The van der Waals surface area contributed by atoms with Crippen molar-refractivity contribution in [1.29, 1.82) is 0 Å². The van der Waals surface area contributed by atoms with E-state index in [4.69, 9.17) is 4.74 Å². The van der Waals surface area contributed by atoms with Gasteiger partial charge in [-0.15, -0.1) is 0 Å². The van der Waals surface area contributed by atoms with Gasteiger partial charge >= 0.3 is 0 Å². The molecule has 2 aromatic rings. The van der Waals surface area contributed by atoms with Crippen molar-refractivity contribution in [2.24, 2.45) is 0 Å². The maximum Gasteiger partial charge on any atom is 0.245 e. The summed E-state index contributed by atoms with van der Waals surface area (Å²) in [5, 5.41) is 0. The van der Waals surface area contributed by atoms with Crippen molar-refractivity contribution in [2.45, 2.75) is 12.5 Å². The molecule has 2 heterocycles. The normalized spacial score (nSPS) is 15.8. The molecule has 0 saturated carbocycles. The molecule has 0 bridgehead atoms. The van der Waals surface area contributed by atoms with Crippen molar-refractivity contribution >= 4 is 23.4 Å². The number of para-hydroxylation sites is 2. The molecule has 1 fully saturated rings. The minimum atomic E-state index is -0.102. The predicted octanol–water partition coefficient (Wildman–Crippen LogP) is 3.14. The first-order valence-corrected chi connectivity index (χ1v) is 10.4. The third kappa shape index (κ3) is 4.18. The minimum Gasteiger partial charge on any atom is -0.495 e. The smallest absolute Gasteiger partial charge is 0.245 e.